The van der Waals surface area contributed by atoms with Crippen molar-refractivity contribution in [1.82, 2.24) is 20.1 Å². The average molecular weight is 226 g/mol. The molecule has 90 valence electrons. The number of hydrogen-bond donors (Lipinski definition) is 1. The Hall–Kier alpha value is -1.43. The molecule has 0 aliphatic carbocycles. The Kier molecular flexibility index (Phi) is 5.49. The Balaban J connectivity index is 2.00. The van der Waals surface area contributed by atoms with Crippen molar-refractivity contribution in [3.8, 4) is 0 Å². The van der Waals surface area contributed by atoms with Crippen LogP contribution < -0.4 is 5.32 Å². The van der Waals surface area contributed by atoms with Crippen LogP contribution in [0, 0.1) is 0 Å². The normalized spacial score (nSPS) is 10.4. The zero-order valence-electron chi connectivity index (χ0n) is 9.77. The molecule has 0 saturated heterocycles. The third-order valence-corrected chi connectivity index (χ3v) is 2.29. The Labute approximate surface area is 95.0 Å². The lowest BCUT2D eigenvalue weighted by atomic mass is 10.3. The lowest BCUT2D eigenvalue weighted by Gasteiger charge is -2.03. The smallest absolute Gasteiger partial charge is 0.305 e. The van der Waals surface area contributed by atoms with E-state index in [1.165, 1.54) is 7.11 Å². The van der Waals surface area contributed by atoms with Gasteiger partial charge in [0.25, 0.3) is 0 Å². The van der Waals surface area contributed by atoms with Gasteiger partial charge in [-0.05, 0) is 13.0 Å². The molecular formula is C10H18N4O2. The third kappa shape index (κ3) is 4.39. The molecule has 0 aliphatic heterocycles. The number of nitrogens with one attached hydrogen (secondary N) is 1. The topological polar surface area (TPSA) is 69.0 Å². The molecule has 1 N–H and O–H groups in total. The van der Waals surface area contributed by atoms with Gasteiger partial charge in [-0.3, -0.25) is 4.79 Å². The highest BCUT2D eigenvalue weighted by atomic mass is 16.5. The Morgan fingerprint density at radius 1 is 1.56 bits per heavy atom. The van der Waals surface area contributed by atoms with Gasteiger partial charge in [-0.15, -0.1) is 10.2 Å². The highest BCUT2D eigenvalue weighted by molar-refractivity contribution is 5.68. The van der Waals surface area contributed by atoms with Crippen molar-refractivity contribution in [2.45, 2.75) is 19.3 Å². The lowest BCUT2D eigenvalue weighted by molar-refractivity contribution is -0.140. The molecule has 0 saturated carbocycles. The van der Waals surface area contributed by atoms with E-state index in [0.717, 1.165) is 31.8 Å². The van der Waals surface area contributed by atoms with E-state index in [2.05, 4.69) is 20.3 Å². The molecule has 0 aromatic carbocycles. The van der Waals surface area contributed by atoms with Crippen molar-refractivity contribution in [2.24, 2.45) is 7.05 Å². The Morgan fingerprint density at radius 3 is 3.00 bits per heavy atom. The number of esters is 1. The van der Waals surface area contributed by atoms with E-state index in [4.69, 9.17) is 0 Å². The molecule has 1 aromatic rings. The van der Waals surface area contributed by atoms with Crippen LogP contribution in [0.15, 0.2) is 6.33 Å². The number of ether oxygens (including phenoxy) is 1. The van der Waals surface area contributed by atoms with E-state index >= 15 is 0 Å². The van der Waals surface area contributed by atoms with Crippen molar-refractivity contribution < 1.29 is 9.53 Å². The second-order valence-electron chi connectivity index (χ2n) is 3.54. The van der Waals surface area contributed by atoms with Crippen LogP contribution >= 0.6 is 0 Å². The van der Waals surface area contributed by atoms with Gasteiger partial charge in [0.1, 0.15) is 12.2 Å². The highest BCUT2D eigenvalue weighted by Crippen LogP contribution is 1.92. The summed E-state index contributed by atoms with van der Waals surface area (Å²) in [4.78, 5) is 10.8. The summed E-state index contributed by atoms with van der Waals surface area (Å²) in [5.74, 6) is 0.801. The van der Waals surface area contributed by atoms with Crippen LogP contribution in [-0.2, 0) is 23.0 Å². The molecule has 6 nitrogen and oxygen atoms in total. The van der Waals surface area contributed by atoms with Gasteiger partial charge in [0.05, 0.1) is 7.11 Å². The second kappa shape index (κ2) is 6.95. The number of rotatable bonds is 7. The summed E-state index contributed by atoms with van der Waals surface area (Å²) in [5, 5.41) is 11.0. The summed E-state index contributed by atoms with van der Waals surface area (Å²) >= 11 is 0. The van der Waals surface area contributed by atoms with Crippen molar-refractivity contribution in [1.29, 1.82) is 0 Å². The van der Waals surface area contributed by atoms with Gasteiger partial charge in [0.15, 0.2) is 0 Å². The molecule has 1 heterocycles. The monoisotopic (exact) mass is 226 g/mol. The standard InChI is InChI=1S/C10H18N4O2/c1-14-8-12-13-9(14)5-7-11-6-3-4-10(15)16-2/h8,11H,3-7H2,1-2H3. The number of aryl methyl sites for hydroxylation is 1. The number of aromatic nitrogens is 3. The second-order valence-corrected chi connectivity index (χ2v) is 3.54. The summed E-state index contributed by atoms with van der Waals surface area (Å²) in [6, 6.07) is 0. The van der Waals surface area contributed by atoms with Gasteiger partial charge in [-0.2, -0.15) is 0 Å². The van der Waals surface area contributed by atoms with Gasteiger partial charge >= 0.3 is 5.97 Å². The van der Waals surface area contributed by atoms with Crippen LogP contribution in [0.3, 0.4) is 0 Å². The Morgan fingerprint density at radius 2 is 2.38 bits per heavy atom. The van der Waals surface area contributed by atoms with Crippen molar-refractivity contribution in [3.05, 3.63) is 12.2 Å². The van der Waals surface area contributed by atoms with Gasteiger partial charge in [0.2, 0.25) is 0 Å². The lowest BCUT2D eigenvalue weighted by Crippen LogP contribution is -2.20. The fraction of sp³-hybridized carbons (Fsp3) is 0.700. The Bertz CT molecular complexity index is 324. The summed E-state index contributed by atoms with van der Waals surface area (Å²) in [6.45, 7) is 1.65. The van der Waals surface area contributed by atoms with Gasteiger partial charge in [-0.1, -0.05) is 0 Å². The predicted octanol–water partition coefficient (Wildman–Crippen LogP) is -0.0996. The zero-order chi connectivity index (χ0) is 11.8. The molecule has 0 spiro atoms. The molecule has 0 amide bonds. The molecule has 0 unspecified atom stereocenters. The minimum atomic E-state index is -0.157. The molecular weight excluding hydrogens is 208 g/mol. The van der Waals surface area contributed by atoms with E-state index in [0.29, 0.717) is 6.42 Å². The molecule has 0 aliphatic rings. The number of carbonyl (C=O) groups excluding carboxylic acids is 1. The summed E-state index contributed by atoms with van der Waals surface area (Å²) in [7, 11) is 3.33. The number of nitrogens with zero attached hydrogens (tertiary/aromatic N) is 3. The third-order valence-electron chi connectivity index (χ3n) is 2.29. The van der Waals surface area contributed by atoms with Crippen LogP contribution in [0.25, 0.3) is 0 Å². The molecule has 16 heavy (non-hydrogen) atoms. The van der Waals surface area contributed by atoms with Crippen molar-refractivity contribution in [3.63, 3.8) is 0 Å². The van der Waals surface area contributed by atoms with E-state index in [9.17, 15) is 4.79 Å². The summed E-state index contributed by atoms with van der Waals surface area (Å²) in [6.07, 6.45) is 3.79. The molecule has 0 atom stereocenters. The first-order valence-corrected chi connectivity index (χ1v) is 5.34. The first kappa shape index (κ1) is 12.6. The minimum absolute atomic E-state index is 0.157. The van der Waals surface area contributed by atoms with Gasteiger partial charge in [0, 0.05) is 26.4 Å². The maximum atomic E-state index is 10.8. The summed E-state index contributed by atoms with van der Waals surface area (Å²) in [5.41, 5.74) is 0. The maximum Gasteiger partial charge on any atom is 0.305 e. The molecule has 0 radical (unpaired) electrons. The average Bonchev–Trinajstić information content (AvgIpc) is 2.69. The van der Waals surface area contributed by atoms with Crippen LogP contribution in [-0.4, -0.2) is 40.9 Å². The van der Waals surface area contributed by atoms with Crippen LogP contribution in [0.4, 0.5) is 0 Å². The van der Waals surface area contributed by atoms with Crippen molar-refractivity contribution in [2.75, 3.05) is 20.2 Å². The van der Waals surface area contributed by atoms with E-state index in [1.54, 1.807) is 6.33 Å². The van der Waals surface area contributed by atoms with Gasteiger partial charge < -0.3 is 14.6 Å². The molecule has 0 fully saturated rings. The van der Waals surface area contributed by atoms with E-state index < -0.39 is 0 Å². The quantitative estimate of drug-likeness (QED) is 0.519. The fourth-order valence-corrected chi connectivity index (χ4v) is 1.32. The molecule has 0 bridgehead atoms. The highest BCUT2D eigenvalue weighted by Gasteiger charge is 2.01. The van der Waals surface area contributed by atoms with Crippen LogP contribution in [0.5, 0.6) is 0 Å². The first-order valence-electron chi connectivity index (χ1n) is 5.34. The zero-order valence-corrected chi connectivity index (χ0v) is 9.77. The van der Waals surface area contributed by atoms with Crippen LogP contribution in [0.1, 0.15) is 18.7 Å². The molecule has 1 rings (SSSR count). The van der Waals surface area contributed by atoms with E-state index in [-0.39, 0.29) is 5.97 Å². The molecule has 6 heteroatoms. The summed E-state index contributed by atoms with van der Waals surface area (Å²) < 4.78 is 6.44. The number of carbonyl (C=O) groups is 1. The maximum absolute atomic E-state index is 10.8. The van der Waals surface area contributed by atoms with Gasteiger partial charge in [-0.25, -0.2) is 0 Å². The number of methoxy groups -OCH3 is 1. The van der Waals surface area contributed by atoms with Crippen LogP contribution in [0.2, 0.25) is 0 Å². The number of hydrogen-bond acceptors (Lipinski definition) is 5. The fourth-order valence-electron chi connectivity index (χ4n) is 1.32. The predicted molar refractivity (Wildman–Crippen MR) is 58.8 cm³/mol. The first-order chi connectivity index (χ1) is 7.74. The minimum Gasteiger partial charge on any atom is -0.469 e. The molecule has 1 aromatic heterocycles. The van der Waals surface area contributed by atoms with Crippen molar-refractivity contribution >= 4 is 5.97 Å². The SMILES string of the molecule is COC(=O)CCCNCCc1nncn1C. The largest absolute Gasteiger partial charge is 0.469 e. The van der Waals surface area contributed by atoms with E-state index in [1.807, 2.05) is 11.6 Å².